The van der Waals surface area contributed by atoms with Crippen LogP contribution in [-0.4, -0.2) is 0 Å². The Labute approximate surface area is 165 Å². The topological polar surface area (TPSA) is 3.88 Å². The summed E-state index contributed by atoms with van der Waals surface area (Å²) in [7, 11) is 1.94. The number of benzene rings is 3. The van der Waals surface area contributed by atoms with Crippen LogP contribution in [0, 0.1) is 13.8 Å². The molecule has 0 aliphatic heterocycles. The maximum absolute atomic E-state index is 7.71. The van der Waals surface area contributed by atoms with E-state index in [0.717, 1.165) is 18.5 Å². The van der Waals surface area contributed by atoms with Crippen molar-refractivity contribution < 1.29 is 8.68 Å². The second-order valence-corrected chi connectivity index (χ2v) is 7.55. The zero-order valence-electron chi connectivity index (χ0n) is 18.7. The first-order valence-electron chi connectivity index (χ1n) is 11.0. The standard InChI is InChI=1S/C26H24N/c1-17-8-13-25(27(3)16-17)26-18(2)9-11-22-23(26)12-10-21-14-19-6-4-5-7-20(19)15-24(21)22/h4-9,11,13-16H,10,12H2,1-3H3/q+1/i1D3. The summed E-state index contributed by atoms with van der Waals surface area (Å²) in [4.78, 5) is 0. The molecule has 132 valence electrons. The molecule has 1 heterocycles. The molecule has 0 spiro atoms. The van der Waals surface area contributed by atoms with Gasteiger partial charge in [0.05, 0.1) is 5.56 Å². The largest absolute Gasteiger partial charge is 0.212 e. The molecule has 0 atom stereocenters. The van der Waals surface area contributed by atoms with Gasteiger partial charge in [-0.15, -0.1) is 0 Å². The van der Waals surface area contributed by atoms with Crippen molar-refractivity contribution in [2.45, 2.75) is 26.6 Å². The van der Waals surface area contributed by atoms with E-state index in [4.69, 9.17) is 4.11 Å². The molecule has 1 aliphatic carbocycles. The van der Waals surface area contributed by atoms with Gasteiger partial charge in [0.1, 0.15) is 7.05 Å². The normalized spacial score (nSPS) is 14.8. The number of fused-ring (bicyclic) bond motifs is 4. The predicted octanol–water partition coefficient (Wildman–Crippen LogP) is 5.71. The summed E-state index contributed by atoms with van der Waals surface area (Å²) in [6, 6.07) is 21.3. The van der Waals surface area contributed by atoms with Gasteiger partial charge in [-0.3, -0.25) is 0 Å². The van der Waals surface area contributed by atoms with Gasteiger partial charge in [-0.05, 0) is 77.3 Å². The maximum Gasteiger partial charge on any atom is 0.212 e. The summed E-state index contributed by atoms with van der Waals surface area (Å²) >= 11 is 0. The Morgan fingerprint density at radius 3 is 2.48 bits per heavy atom. The minimum absolute atomic E-state index is 0.369. The highest BCUT2D eigenvalue weighted by atomic mass is 14.9. The van der Waals surface area contributed by atoms with Crippen LogP contribution in [0.4, 0.5) is 0 Å². The summed E-state index contributed by atoms with van der Waals surface area (Å²) in [5, 5.41) is 2.55. The minimum atomic E-state index is -2.10. The van der Waals surface area contributed by atoms with Gasteiger partial charge in [0, 0.05) is 15.7 Å². The van der Waals surface area contributed by atoms with Gasteiger partial charge in [0.2, 0.25) is 5.69 Å². The van der Waals surface area contributed by atoms with Crippen LogP contribution >= 0.6 is 0 Å². The molecule has 0 unspecified atom stereocenters. The molecule has 0 radical (unpaired) electrons. The van der Waals surface area contributed by atoms with Crippen LogP contribution in [0.1, 0.15) is 26.4 Å². The van der Waals surface area contributed by atoms with Gasteiger partial charge in [0.15, 0.2) is 6.20 Å². The Morgan fingerprint density at radius 1 is 0.889 bits per heavy atom. The van der Waals surface area contributed by atoms with Gasteiger partial charge < -0.3 is 0 Å². The van der Waals surface area contributed by atoms with Crippen molar-refractivity contribution in [3.63, 3.8) is 0 Å². The Balaban J connectivity index is 1.72. The number of aryl methyl sites for hydroxylation is 4. The van der Waals surface area contributed by atoms with Crippen molar-refractivity contribution in [3.05, 3.63) is 89.1 Å². The second-order valence-electron chi connectivity index (χ2n) is 7.55. The van der Waals surface area contributed by atoms with E-state index in [2.05, 4.69) is 55.5 Å². The lowest BCUT2D eigenvalue weighted by Gasteiger charge is -2.24. The first kappa shape index (κ1) is 13.3. The number of aromatic nitrogens is 1. The molecule has 1 aromatic heterocycles. The van der Waals surface area contributed by atoms with Crippen molar-refractivity contribution >= 4 is 10.8 Å². The van der Waals surface area contributed by atoms with Gasteiger partial charge in [-0.2, -0.15) is 0 Å². The number of pyridine rings is 1. The first-order chi connectivity index (χ1) is 14.3. The number of rotatable bonds is 1. The van der Waals surface area contributed by atoms with Gasteiger partial charge in [0.25, 0.3) is 0 Å². The van der Waals surface area contributed by atoms with Crippen LogP contribution in [-0.2, 0) is 19.9 Å². The summed E-state index contributed by atoms with van der Waals surface area (Å²) in [6.07, 6.45) is 3.74. The monoisotopic (exact) mass is 353 g/mol. The van der Waals surface area contributed by atoms with E-state index in [1.807, 2.05) is 17.7 Å². The number of hydrogen-bond donors (Lipinski definition) is 0. The minimum Gasteiger partial charge on any atom is -0.201 e. The molecule has 1 nitrogen and oxygen atoms in total. The van der Waals surface area contributed by atoms with Crippen molar-refractivity contribution in [1.29, 1.82) is 0 Å². The molecule has 3 aromatic carbocycles. The van der Waals surface area contributed by atoms with Crippen LogP contribution in [0.3, 0.4) is 0 Å². The van der Waals surface area contributed by atoms with Crippen molar-refractivity contribution in [2.24, 2.45) is 7.05 Å². The van der Waals surface area contributed by atoms with E-state index in [1.165, 1.54) is 44.2 Å². The molecule has 4 aromatic rings. The lowest BCUT2D eigenvalue weighted by Crippen LogP contribution is -2.31. The van der Waals surface area contributed by atoms with E-state index in [-0.39, 0.29) is 0 Å². The fourth-order valence-corrected chi connectivity index (χ4v) is 4.51. The lowest BCUT2D eigenvalue weighted by atomic mass is 9.80. The van der Waals surface area contributed by atoms with E-state index in [0.29, 0.717) is 5.56 Å². The first-order valence-corrected chi connectivity index (χ1v) is 9.48. The Kier molecular flexibility index (Phi) is 2.98. The maximum atomic E-state index is 7.71. The summed E-state index contributed by atoms with van der Waals surface area (Å²) in [6.45, 7) is 0.0463. The van der Waals surface area contributed by atoms with Crippen LogP contribution in [0.15, 0.2) is 66.9 Å². The summed E-state index contributed by atoms with van der Waals surface area (Å²) in [5.41, 5.74) is 9.24. The van der Waals surface area contributed by atoms with Crippen LogP contribution in [0.5, 0.6) is 0 Å². The molecule has 1 heteroatoms. The fourth-order valence-electron chi connectivity index (χ4n) is 4.51. The smallest absolute Gasteiger partial charge is 0.201 e. The highest BCUT2D eigenvalue weighted by Gasteiger charge is 2.24. The van der Waals surface area contributed by atoms with Crippen LogP contribution in [0.2, 0.25) is 0 Å². The molecule has 27 heavy (non-hydrogen) atoms. The molecule has 1 aliphatic rings. The van der Waals surface area contributed by atoms with Crippen molar-refractivity contribution in [1.82, 2.24) is 0 Å². The third-order valence-electron chi connectivity index (χ3n) is 5.82. The van der Waals surface area contributed by atoms with Crippen molar-refractivity contribution in [2.75, 3.05) is 0 Å². The molecular weight excluding hydrogens is 326 g/mol. The highest BCUT2D eigenvalue weighted by molar-refractivity contribution is 5.92. The highest BCUT2D eigenvalue weighted by Crippen LogP contribution is 2.41. The van der Waals surface area contributed by atoms with E-state index in [1.54, 1.807) is 12.3 Å². The second kappa shape index (κ2) is 6.06. The molecule has 0 saturated carbocycles. The van der Waals surface area contributed by atoms with Gasteiger partial charge in [-0.25, -0.2) is 4.57 Å². The van der Waals surface area contributed by atoms with E-state index in [9.17, 15) is 0 Å². The lowest BCUT2D eigenvalue weighted by molar-refractivity contribution is -0.660. The molecular formula is C26H24N+. The summed E-state index contributed by atoms with van der Waals surface area (Å²) < 4.78 is 25.1. The third-order valence-corrected chi connectivity index (χ3v) is 5.82. The zero-order chi connectivity index (χ0) is 21.0. The predicted molar refractivity (Wildman–Crippen MR) is 113 cm³/mol. The van der Waals surface area contributed by atoms with Crippen LogP contribution in [0.25, 0.3) is 33.2 Å². The molecule has 0 saturated heterocycles. The third kappa shape index (κ3) is 2.57. The van der Waals surface area contributed by atoms with Gasteiger partial charge in [-0.1, -0.05) is 42.5 Å². The van der Waals surface area contributed by atoms with Crippen molar-refractivity contribution in [3.8, 4) is 22.4 Å². The Hall–Kier alpha value is -2.93. The molecule has 0 amide bonds. The number of nitrogens with zero attached hydrogens (tertiary/aromatic N) is 1. The van der Waals surface area contributed by atoms with Crippen LogP contribution < -0.4 is 4.57 Å². The SMILES string of the molecule is [2H]C([2H])([2H])c1ccc(-c2c(C)ccc3c2CCc2cc4ccccc4cc2-3)[n+](C)c1. The molecule has 0 N–H and O–H groups in total. The zero-order valence-corrected chi connectivity index (χ0v) is 15.7. The van der Waals surface area contributed by atoms with E-state index >= 15 is 0 Å². The number of hydrogen-bond acceptors (Lipinski definition) is 0. The average Bonchev–Trinajstić information content (AvgIpc) is 2.71. The fraction of sp³-hybridized carbons (Fsp3) is 0.192. The molecule has 0 fully saturated rings. The average molecular weight is 354 g/mol. The van der Waals surface area contributed by atoms with Gasteiger partial charge >= 0.3 is 0 Å². The Bertz CT molecular complexity index is 1300. The quantitative estimate of drug-likeness (QED) is 0.386. The molecule has 0 bridgehead atoms. The summed E-state index contributed by atoms with van der Waals surface area (Å²) in [5.74, 6) is 0. The Morgan fingerprint density at radius 2 is 1.70 bits per heavy atom. The van der Waals surface area contributed by atoms with E-state index < -0.39 is 6.85 Å². The molecule has 5 rings (SSSR count).